The molecule has 1 aromatic rings. The zero-order valence-corrected chi connectivity index (χ0v) is 20.0. The molecule has 0 aliphatic carbocycles. The third-order valence-electron chi connectivity index (χ3n) is 6.04. The molecule has 176 valence electrons. The molecular formula is C21H30N4O5S2. The number of carbonyl (C=O) groups is 2. The second-order valence-electron chi connectivity index (χ2n) is 8.14. The number of amides is 2. The summed E-state index contributed by atoms with van der Waals surface area (Å²) in [5.41, 5.74) is 0.499. The highest BCUT2D eigenvalue weighted by Gasteiger charge is 2.32. The number of hydrogen-bond donors (Lipinski definition) is 0. The number of hydrogen-bond acceptors (Lipinski definition) is 7. The van der Waals surface area contributed by atoms with E-state index in [4.69, 9.17) is 4.74 Å². The Labute approximate surface area is 193 Å². The number of anilines is 1. The standard InChI is InChI=1S/C21H30N4O5S2/c1-2-5-22-6-8-23(9-7-22)20(26)15-25-18-14-17(3-4-19(18)31-16-21(25)27)32(28,29)24-10-12-30-13-11-24/h3-4,14H,2,5-13,15-16H2,1H3. The van der Waals surface area contributed by atoms with Crippen LogP contribution < -0.4 is 4.90 Å². The summed E-state index contributed by atoms with van der Waals surface area (Å²) in [4.78, 5) is 32.2. The van der Waals surface area contributed by atoms with E-state index >= 15 is 0 Å². The Hall–Kier alpha value is -1.66. The number of sulfonamides is 1. The van der Waals surface area contributed by atoms with Crippen molar-refractivity contribution in [3.8, 4) is 0 Å². The summed E-state index contributed by atoms with van der Waals surface area (Å²) in [5, 5.41) is 0. The van der Waals surface area contributed by atoms with E-state index < -0.39 is 10.0 Å². The molecule has 0 unspecified atom stereocenters. The summed E-state index contributed by atoms with van der Waals surface area (Å²) in [6.45, 7) is 7.40. The van der Waals surface area contributed by atoms with Crippen LogP contribution in [0.5, 0.6) is 0 Å². The third-order valence-corrected chi connectivity index (χ3v) is 8.98. The van der Waals surface area contributed by atoms with Gasteiger partial charge >= 0.3 is 0 Å². The number of rotatable bonds is 6. The average molecular weight is 483 g/mol. The van der Waals surface area contributed by atoms with Crippen molar-refractivity contribution in [3.05, 3.63) is 18.2 Å². The number of piperazine rings is 1. The molecule has 2 amide bonds. The van der Waals surface area contributed by atoms with Crippen molar-refractivity contribution in [2.75, 3.05) is 76.2 Å². The minimum Gasteiger partial charge on any atom is -0.379 e. The maximum Gasteiger partial charge on any atom is 0.243 e. The third kappa shape index (κ3) is 4.96. The van der Waals surface area contributed by atoms with E-state index in [1.165, 1.54) is 27.0 Å². The van der Waals surface area contributed by atoms with Gasteiger partial charge in [-0.15, -0.1) is 11.8 Å². The van der Waals surface area contributed by atoms with Crippen LogP contribution in [-0.2, 0) is 24.3 Å². The Kier molecular flexibility index (Phi) is 7.40. The van der Waals surface area contributed by atoms with Crippen molar-refractivity contribution < 1.29 is 22.7 Å². The first-order valence-electron chi connectivity index (χ1n) is 11.1. The minimum atomic E-state index is -3.69. The molecule has 32 heavy (non-hydrogen) atoms. The molecule has 0 aromatic heterocycles. The summed E-state index contributed by atoms with van der Waals surface area (Å²) in [5.74, 6) is -0.0460. The van der Waals surface area contributed by atoms with Crippen LogP contribution in [-0.4, -0.2) is 106 Å². The summed E-state index contributed by atoms with van der Waals surface area (Å²) < 4.78 is 32.9. The summed E-state index contributed by atoms with van der Waals surface area (Å²) in [6.07, 6.45) is 1.08. The van der Waals surface area contributed by atoms with Crippen LogP contribution in [0.1, 0.15) is 13.3 Å². The van der Waals surface area contributed by atoms with E-state index in [2.05, 4.69) is 11.8 Å². The van der Waals surface area contributed by atoms with Crippen LogP contribution in [0.25, 0.3) is 0 Å². The van der Waals surface area contributed by atoms with Crippen LogP contribution in [0, 0.1) is 0 Å². The lowest BCUT2D eigenvalue weighted by Gasteiger charge is -2.36. The maximum absolute atomic E-state index is 13.1. The molecule has 3 aliphatic heterocycles. The monoisotopic (exact) mass is 482 g/mol. The zero-order chi connectivity index (χ0) is 22.7. The first-order valence-corrected chi connectivity index (χ1v) is 13.5. The van der Waals surface area contributed by atoms with Crippen molar-refractivity contribution in [1.29, 1.82) is 0 Å². The molecule has 0 bridgehead atoms. The second-order valence-corrected chi connectivity index (χ2v) is 11.1. The molecule has 0 N–H and O–H groups in total. The lowest BCUT2D eigenvalue weighted by atomic mass is 10.2. The fourth-order valence-corrected chi connectivity index (χ4v) is 6.57. The summed E-state index contributed by atoms with van der Waals surface area (Å²) >= 11 is 1.37. The SMILES string of the molecule is CCCN1CCN(C(=O)CN2C(=O)CSc3ccc(S(=O)(=O)N4CCOCC4)cc32)CC1. The van der Waals surface area contributed by atoms with Crippen LogP contribution in [0.4, 0.5) is 5.69 Å². The Morgan fingerprint density at radius 2 is 1.81 bits per heavy atom. The molecule has 0 spiro atoms. The highest BCUT2D eigenvalue weighted by molar-refractivity contribution is 8.00. The van der Waals surface area contributed by atoms with Gasteiger partial charge in [0.2, 0.25) is 21.8 Å². The Balaban J connectivity index is 1.52. The quantitative estimate of drug-likeness (QED) is 0.590. The van der Waals surface area contributed by atoms with Gasteiger partial charge in [-0.2, -0.15) is 4.31 Å². The molecule has 9 nitrogen and oxygen atoms in total. The van der Waals surface area contributed by atoms with E-state index in [9.17, 15) is 18.0 Å². The number of carbonyl (C=O) groups excluding carboxylic acids is 2. The number of fused-ring (bicyclic) bond motifs is 1. The average Bonchev–Trinajstić information content (AvgIpc) is 2.81. The molecular weight excluding hydrogens is 452 g/mol. The van der Waals surface area contributed by atoms with Gasteiger partial charge in [0, 0.05) is 44.2 Å². The smallest absolute Gasteiger partial charge is 0.243 e. The van der Waals surface area contributed by atoms with Crippen molar-refractivity contribution in [3.63, 3.8) is 0 Å². The highest BCUT2D eigenvalue weighted by Crippen LogP contribution is 2.37. The number of thioether (sulfide) groups is 1. The van der Waals surface area contributed by atoms with Gasteiger partial charge in [-0.25, -0.2) is 8.42 Å². The number of morpholine rings is 1. The second kappa shape index (κ2) is 10.1. The molecule has 2 fully saturated rings. The molecule has 0 saturated carbocycles. The van der Waals surface area contributed by atoms with Crippen molar-refractivity contribution in [1.82, 2.24) is 14.1 Å². The summed E-state index contributed by atoms with van der Waals surface area (Å²) in [6, 6.07) is 4.86. The Morgan fingerprint density at radius 3 is 2.50 bits per heavy atom. The van der Waals surface area contributed by atoms with E-state index in [0.29, 0.717) is 45.1 Å². The molecule has 4 rings (SSSR count). The van der Waals surface area contributed by atoms with Gasteiger partial charge in [-0.1, -0.05) is 6.92 Å². The van der Waals surface area contributed by atoms with E-state index in [0.717, 1.165) is 31.0 Å². The molecule has 0 atom stereocenters. The Morgan fingerprint density at radius 1 is 1.09 bits per heavy atom. The van der Waals surface area contributed by atoms with Gasteiger partial charge in [0.15, 0.2) is 0 Å². The maximum atomic E-state index is 13.1. The van der Waals surface area contributed by atoms with Crippen molar-refractivity contribution >= 4 is 39.3 Å². The molecule has 3 aliphatic rings. The molecule has 3 heterocycles. The number of ether oxygens (including phenoxy) is 1. The predicted molar refractivity (Wildman–Crippen MR) is 122 cm³/mol. The number of nitrogens with zero attached hydrogens (tertiary/aromatic N) is 4. The van der Waals surface area contributed by atoms with Crippen molar-refractivity contribution in [2.24, 2.45) is 0 Å². The lowest BCUT2D eigenvalue weighted by molar-refractivity contribution is -0.132. The lowest BCUT2D eigenvalue weighted by Crippen LogP contribution is -2.52. The summed E-state index contributed by atoms with van der Waals surface area (Å²) in [7, 11) is -3.69. The van der Waals surface area contributed by atoms with Crippen LogP contribution in [0.3, 0.4) is 0 Å². The number of benzene rings is 1. The van der Waals surface area contributed by atoms with Crippen LogP contribution >= 0.6 is 11.8 Å². The normalized spacial score (nSPS) is 21.0. The minimum absolute atomic E-state index is 0.0682. The van der Waals surface area contributed by atoms with Crippen LogP contribution in [0.15, 0.2) is 28.0 Å². The van der Waals surface area contributed by atoms with E-state index in [-0.39, 0.29) is 29.0 Å². The predicted octanol–water partition coefficient (Wildman–Crippen LogP) is 0.700. The topological polar surface area (TPSA) is 90.5 Å². The van der Waals surface area contributed by atoms with E-state index in [1.54, 1.807) is 17.0 Å². The van der Waals surface area contributed by atoms with Gasteiger partial charge in [-0.05, 0) is 31.2 Å². The Bertz CT molecular complexity index is 957. The van der Waals surface area contributed by atoms with E-state index in [1.807, 2.05) is 0 Å². The van der Waals surface area contributed by atoms with Gasteiger partial charge in [-0.3, -0.25) is 14.5 Å². The van der Waals surface area contributed by atoms with Gasteiger partial charge in [0.25, 0.3) is 0 Å². The van der Waals surface area contributed by atoms with Gasteiger partial charge in [0.05, 0.1) is 29.5 Å². The van der Waals surface area contributed by atoms with Crippen LogP contribution in [0.2, 0.25) is 0 Å². The fraction of sp³-hybridized carbons (Fsp3) is 0.619. The first-order chi connectivity index (χ1) is 15.4. The molecule has 2 saturated heterocycles. The highest BCUT2D eigenvalue weighted by atomic mass is 32.2. The largest absolute Gasteiger partial charge is 0.379 e. The van der Waals surface area contributed by atoms with Gasteiger partial charge in [0.1, 0.15) is 6.54 Å². The molecule has 1 aromatic carbocycles. The van der Waals surface area contributed by atoms with Crippen molar-refractivity contribution in [2.45, 2.75) is 23.1 Å². The molecule has 0 radical (unpaired) electrons. The van der Waals surface area contributed by atoms with Gasteiger partial charge < -0.3 is 14.5 Å². The zero-order valence-electron chi connectivity index (χ0n) is 18.4. The fourth-order valence-electron chi connectivity index (χ4n) is 4.22. The molecule has 11 heteroatoms. The first kappa shape index (κ1) is 23.5.